The quantitative estimate of drug-likeness (QED) is 0.577. The van der Waals surface area contributed by atoms with Crippen molar-refractivity contribution in [3.05, 3.63) is 35.7 Å². The smallest absolute Gasteiger partial charge is 0.258 e. The second-order valence-corrected chi connectivity index (χ2v) is 9.26. The molecule has 2 amide bonds. The Hall–Kier alpha value is -2.06. The van der Waals surface area contributed by atoms with Gasteiger partial charge in [0, 0.05) is 19.1 Å². The number of fused-ring (bicyclic) bond motifs is 1. The van der Waals surface area contributed by atoms with Crippen LogP contribution in [0.5, 0.6) is 5.75 Å². The van der Waals surface area contributed by atoms with Crippen molar-refractivity contribution in [1.29, 1.82) is 0 Å². The van der Waals surface area contributed by atoms with Crippen molar-refractivity contribution in [2.75, 3.05) is 25.2 Å². The molecule has 2 aromatic rings. The fourth-order valence-corrected chi connectivity index (χ4v) is 5.54. The minimum Gasteiger partial charge on any atom is -0.497 e. The van der Waals surface area contributed by atoms with Crippen molar-refractivity contribution >= 4 is 45.1 Å². The summed E-state index contributed by atoms with van der Waals surface area (Å²) >= 11 is 2.80. The summed E-state index contributed by atoms with van der Waals surface area (Å²) in [6.45, 7) is 7.34. The number of carbonyl (C=O) groups excluding carboxylic acids is 2. The van der Waals surface area contributed by atoms with Gasteiger partial charge in [0.25, 0.3) is 5.91 Å². The lowest BCUT2D eigenvalue weighted by Gasteiger charge is -2.35. The first-order chi connectivity index (χ1) is 14.6. The van der Waals surface area contributed by atoms with Gasteiger partial charge >= 0.3 is 0 Å². The summed E-state index contributed by atoms with van der Waals surface area (Å²) in [4.78, 5) is 32.0. The largest absolute Gasteiger partial charge is 0.497 e. The van der Waals surface area contributed by atoms with E-state index in [2.05, 4.69) is 18.5 Å². The molecule has 1 unspecified atom stereocenters. The highest BCUT2D eigenvalue weighted by Gasteiger charge is 2.25. The van der Waals surface area contributed by atoms with Crippen LogP contribution in [0.1, 0.15) is 32.6 Å². The lowest BCUT2D eigenvalue weighted by atomic mass is 10.0. The zero-order valence-electron chi connectivity index (χ0n) is 17.6. The molecule has 0 spiro atoms. The topological polar surface area (TPSA) is 63.9 Å². The van der Waals surface area contributed by atoms with Gasteiger partial charge in [-0.05, 0) is 43.9 Å². The molecule has 0 radical (unpaired) electrons. The zero-order chi connectivity index (χ0) is 21.5. The molecule has 1 aromatic heterocycles. The Kier molecular flexibility index (Phi) is 8.16. The van der Waals surface area contributed by atoms with Crippen LogP contribution in [0.3, 0.4) is 0 Å². The summed E-state index contributed by atoms with van der Waals surface area (Å²) in [6.07, 6.45) is 6.13. The van der Waals surface area contributed by atoms with Crippen LogP contribution >= 0.6 is 23.1 Å². The number of carbonyl (C=O) groups is 2. The summed E-state index contributed by atoms with van der Waals surface area (Å²) < 4.78 is 8.27. The molecular weight excluding hydrogens is 418 g/mol. The van der Waals surface area contributed by atoms with E-state index in [0.717, 1.165) is 41.8 Å². The molecule has 1 atom stereocenters. The summed E-state index contributed by atoms with van der Waals surface area (Å²) in [5.74, 6) is 1.20. The molecule has 8 heteroatoms. The standard InChI is InChI=1S/C22H29N3O3S2/c1-4-11-25-18-10-9-17(28-3)13-19(18)30-22(25)23-20(26)14-29-15-21(27)24-12-7-6-8-16(24)5-2/h4,9-10,13,16H,1,5-8,11-12,14-15H2,2-3H3. The Balaban J connectivity index is 1.67. The van der Waals surface area contributed by atoms with Gasteiger partial charge in [-0.15, -0.1) is 18.3 Å². The molecule has 162 valence electrons. The minimum atomic E-state index is -0.227. The van der Waals surface area contributed by atoms with Crippen LogP contribution in [-0.4, -0.2) is 52.5 Å². The molecule has 30 heavy (non-hydrogen) atoms. The van der Waals surface area contributed by atoms with E-state index in [1.807, 2.05) is 27.7 Å². The number of ether oxygens (including phenoxy) is 1. The fourth-order valence-electron chi connectivity index (χ4n) is 3.77. The summed E-state index contributed by atoms with van der Waals surface area (Å²) in [6, 6.07) is 6.15. The Morgan fingerprint density at radius 2 is 2.20 bits per heavy atom. The van der Waals surface area contributed by atoms with Crippen molar-refractivity contribution in [2.45, 2.75) is 45.2 Å². The van der Waals surface area contributed by atoms with Gasteiger partial charge in [0.1, 0.15) is 5.75 Å². The number of rotatable bonds is 8. The predicted molar refractivity (Wildman–Crippen MR) is 124 cm³/mol. The highest BCUT2D eigenvalue weighted by atomic mass is 32.2. The van der Waals surface area contributed by atoms with Gasteiger partial charge in [-0.2, -0.15) is 4.99 Å². The van der Waals surface area contributed by atoms with E-state index >= 15 is 0 Å². The zero-order valence-corrected chi connectivity index (χ0v) is 19.3. The monoisotopic (exact) mass is 447 g/mol. The number of aromatic nitrogens is 1. The number of nitrogens with zero attached hydrogens (tertiary/aromatic N) is 3. The van der Waals surface area contributed by atoms with Crippen molar-refractivity contribution in [2.24, 2.45) is 4.99 Å². The molecule has 0 bridgehead atoms. The molecular formula is C22H29N3O3S2. The molecule has 1 fully saturated rings. The van der Waals surface area contributed by atoms with Gasteiger partial charge < -0.3 is 14.2 Å². The minimum absolute atomic E-state index is 0.134. The van der Waals surface area contributed by atoms with Crippen LogP contribution < -0.4 is 9.54 Å². The van der Waals surface area contributed by atoms with Crippen molar-refractivity contribution in [1.82, 2.24) is 9.47 Å². The molecule has 0 aliphatic carbocycles. The van der Waals surface area contributed by atoms with Crippen LogP contribution in [0.4, 0.5) is 0 Å². The maximum absolute atomic E-state index is 12.6. The third kappa shape index (κ3) is 5.35. The number of thioether (sulfide) groups is 1. The number of thiazole rings is 1. The number of likely N-dealkylation sites (tertiary alicyclic amines) is 1. The maximum atomic E-state index is 12.6. The van der Waals surface area contributed by atoms with Gasteiger partial charge in [-0.25, -0.2) is 0 Å². The van der Waals surface area contributed by atoms with E-state index in [1.165, 1.54) is 29.5 Å². The lowest BCUT2D eigenvalue weighted by molar-refractivity contribution is -0.132. The van der Waals surface area contributed by atoms with E-state index in [-0.39, 0.29) is 17.6 Å². The summed E-state index contributed by atoms with van der Waals surface area (Å²) in [5.41, 5.74) is 0.991. The highest BCUT2D eigenvalue weighted by Crippen LogP contribution is 2.23. The van der Waals surface area contributed by atoms with Crippen LogP contribution in [0.2, 0.25) is 0 Å². The number of allylic oxidation sites excluding steroid dienone is 1. The number of benzene rings is 1. The van der Waals surface area contributed by atoms with E-state index in [9.17, 15) is 9.59 Å². The molecule has 1 aliphatic heterocycles. The van der Waals surface area contributed by atoms with Gasteiger partial charge in [-0.1, -0.05) is 24.3 Å². The third-order valence-electron chi connectivity index (χ3n) is 5.29. The van der Waals surface area contributed by atoms with Gasteiger partial charge in [0.15, 0.2) is 4.80 Å². The molecule has 1 saturated heterocycles. The van der Waals surface area contributed by atoms with Crippen molar-refractivity contribution < 1.29 is 14.3 Å². The Bertz CT molecular complexity index is 980. The van der Waals surface area contributed by atoms with E-state index in [4.69, 9.17) is 4.74 Å². The van der Waals surface area contributed by atoms with E-state index < -0.39 is 0 Å². The number of piperidine rings is 1. The summed E-state index contributed by atoms with van der Waals surface area (Å²) in [7, 11) is 1.63. The van der Waals surface area contributed by atoms with Gasteiger partial charge in [0.2, 0.25) is 5.91 Å². The predicted octanol–water partition coefficient (Wildman–Crippen LogP) is 3.85. The van der Waals surface area contributed by atoms with Gasteiger partial charge in [0.05, 0.1) is 28.8 Å². The Morgan fingerprint density at radius 1 is 1.37 bits per heavy atom. The summed E-state index contributed by atoms with van der Waals surface area (Å²) in [5, 5.41) is 0. The van der Waals surface area contributed by atoms with Crippen molar-refractivity contribution in [3.8, 4) is 5.75 Å². The molecule has 1 aliphatic rings. The first-order valence-corrected chi connectivity index (χ1v) is 12.3. The molecule has 2 heterocycles. The fraction of sp³-hybridized carbons (Fsp3) is 0.500. The second kappa shape index (κ2) is 10.8. The van der Waals surface area contributed by atoms with Crippen LogP contribution in [0.25, 0.3) is 10.2 Å². The molecule has 6 nitrogen and oxygen atoms in total. The highest BCUT2D eigenvalue weighted by molar-refractivity contribution is 8.00. The Labute approximate surface area is 185 Å². The number of methoxy groups -OCH3 is 1. The average Bonchev–Trinajstić information content (AvgIpc) is 3.09. The van der Waals surface area contributed by atoms with Crippen molar-refractivity contribution in [3.63, 3.8) is 0 Å². The molecule has 0 N–H and O–H groups in total. The number of amides is 2. The second-order valence-electron chi connectivity index (χ2n) is 7.26. The van der Waals surface area contributed by atoms with E-state index in [0.29, 0.717) is 23.1 Å². The van der Waals surface area contributed by atoms with Crippen LogP contribution in [0.15, 0.2) is 35.8 Å². The van der Waals surface area contributed by atoms with Gasteiger partial charge in [-0.3, -0.25) is 9.59 Å². The first-order valence-electron chi connectivity index (χ1n) is 10.3. The van der Waals surface area contributed by atoms with Crippen LogP contribution in [0, 0.1) is 0 Å². The maximum Gasteiger partial charge on any atom is 0.258 e. The van der Waals surface area contributed by atoms with Crippen LogP contribution in [-0.2, 0) is 16.1 Å². The molecule has 3 rings (SSSR count). The number of hydrogen-bond donors (Lipinski definition) is 0. The molecule has 1 aromatic carbocycles. The lowest BCUT2D eigenvalue weighted by Crippen LogP contribution is -2.44. The average molecular weight is 448 g/mol. The SMILES string of the molecule is C=CCn1c(=NC(=O)CSCC(=O)N2CCCCC2CC)sc2cc(OC)ccc21. The van der Waals surface area contributed by atoms with E-state index in [1.54, 1.807) is 13.2 Å². The number of hydrogen-bond acceptors (Lipinski definition) is 5. The third-order valence-corrected chi connectivity index (χ3v) is 7.24. The first kappa shape index (κ1) is 22.6. The normalized spacial score (nSPS) is 17.3. The Morgan fingerprint density at radius 3 is 2.93 bits per heavy atom. The molecule has 0 saturated carbocycles.